The van der Waals surface area contributed by atoms with Crippen molar-refractivity contribution in [2.75, 3.05) is 19.6 Å². The molecule has 1 aromatic rings. The number of alkyl halides is 3. The Morgan fingerprint density at radius 3 is 2.48 bits per heavy atom. The van der Waals surface area contributed by atoms with Crippen LogP contribution >= 0.6 is 15.9 Å². The van der Waals surface area contributed by atoms with Gasteiger partial charge in [-0.05, 0) is 45.9 Å². The molecule has 0 aromatic heterocycles. The summed E-state index contributed by atoms with van der Waals surface area (Å²) in [7, 11) is 0. The van der Waals surface area contributed by atoms with Crippen molar-refractivity contribution < 1.29 is 27.4 Å². The summed E-state index contributed by atoms with van der Waals surface area (Å²) in [5.41, 5.74) is -0.145. The smallest absolute Gasteiger partial charge is 0.444 e. The SMILES string of the molecule is C[C@@H]1CN(Cc2cc(Br)ccc2OC(F)(F)F)CCN1C(=O)OC(C)(C)C. The van der Waals surface area contributed by atoms with Crippen molar-refractivity contribution in [2.45, 2.75) is 52.2 Å². The molecule has 1 aliphatic rings. The molecule has 0 spiro atoms. The fourth-order valence-corrected chi connectivity index (χ4v) is 3.31. The highest BCUT2D eigenvalue weighted by atomic mass is 79.9. The Bertz CT molecular complexity index is 677. The first-order chi connectivity index (χ1) is 12.3. The molecule has 5 nitrogen and oxygen atoms in total. The highest BCUT2D eigenvalue weighted by Gasteiger charge is 2.34. The van der Waals surface area contributed by atoms with Crippen LogP contribution in [0.25, 0.3) is 0 Å². The van der Waals surface area contributed by atoms with Gasteiger partial charge in [0.1, 0.15) is 11.4 Å². The van der Waals surface area contributed by atoms with Gasteiger partial charge in [0.25, 0.3) is 0 Å². The van der Waals surface area contributed by atoms with Crippen LogP contribution in [0.1, 0.15) is 33.3 Å². The molecule has 1 fully saturated rings. The molecule has 1 aromatic carbocycles. The van der Waals surface area contributed by atoms with Crippen LogP contribution < -0.4 is 4.74 Å². The highest BCUT2D eigenvalue weighted by molar-refractivity contribution is 9.10. The molecule has 0 saturated carbocycles. The zero-order valence-corrected chi connectivity index (χ0v) is 17.4. The average molecular weight is 453 g/mol. The van der Waals surface area contributed by atoms with Crippen LogP contribution in [0.2, 0.25) is 0 Å². The van der Waals surface area contributed by atoms with E-state index in [1.54, 1.807) is 31.7 Å². The van der Waals surface area contributed by atoms with Crippen molar-refractivity contribution >= 4 is 22.0 Å². The molecule has 1 atom stereocenters. The first-order valence-electron chi connectivity index (χ1n) is 8.60. The van der Waals surface area contributed by atoms with E-state index in [0.29, 0.717) is 29.7 Å². The molecular weight excluding hydrogens is 429 g/mol. The minimum Gasteiger partial charge on any atom is -0.444 e. The van der Waals surface area contributed by atoms with Gasteiger partial charge in [-0.1, -0.05) is 15.9 Å². The molecule has 0 aliphatic carbocycles. The van der Waals surface area contributed by atoms with Crippen LogP contribution in [0.15, 0.2) is 22.7 Å². The van der Waals surface area contributed by atoms with Gasteiger partial charge in [0, 0.05) is 42.3 Å². The number of rotatable bonds is 3. The Labute approximate surface area is 165 Å². The Balaban J connectivity index is 2.04. The fraction of sp³-hybridized carbons (Fsp3) is 0.611. The maximum Gasteiger partial charge on any atom is 0.573 e. The summed E-state index contributed by atoms with van der Waals surface area (Å²) in [6.45, 7) is 9.10. The normalized spacial score (nSPS) is 19.1. The van der Waals surface area contributed by atoms with E-state index >= 15 is 0 Å². The van der Waals surface area contributed by atoms with Gasteiger partial charge < -0.3 is 14.4 Å². The second kappa shape index (κ2) is 8.26. The standard InChI is InChI=1S/C18H24BrF3N2O3/c1-12-10-23(7-8-24(12)16(25)27-17(2,3)4)11-13-9-14(19)5-6-15(13)26-18(20,21)22/h5-6,9,12H,7-8,10-11H2,1-4H3/t12-/m1/s1. The van der Waals surface area contributed by atoms with E-state index in [0.717, 1.165) is 0 Å². The van der Waals surface area contributed by atoms with E-state index in [4.69, 9.17) is 4.74 Å². The molecule has 0 N–H and O–H groups in total. The topological polar surface area (TPSA) is 42.0 Å². The third-order valence-electron chi connectivity index (χ3n) is 3.98. The molecule has 0 unspecified atom stereocenters. The van der Waals surface area contributed by atoms with Gasteiger partial charge in [0.2, 0.25) is 0 Å². The molecule has 27 heavy (non-hydrogen) atoms. The molecule has 0 radical (unpaired) electrons. The number of carbonyl (C=O) groups is 1. The Morgan fingerprint density at radius 2 is 1.93 bits per heavy atom. The van der Waals surface area contributed by atoms with Crippen molar-refractivity contribution in [1.82, 2.24) is 9.80 Å². The summed E-state index contributed by atoms with van der Waals surface area (Å²) in [4.78, 5) is 15.9. The summed E-state index contributed by atoms with van der Waals surface area (Å²) in [6.07, 6.45) is -5.12. The van der Waals surface area contributed by atoms with Crippen molar-refractivity contribution in [2.24, 2.45) is 0 Å². The zero-order valence-electron chi connectivity index (χ0n) is 15.8. The minimum atomic E-state index is -4.74. The number of halogens is 4. The number of nitrogens with zero attached hydrogens (tertiary/aromatic N) is 2. The molecule has 1 amide bonds. The molecule has 1 aliphatic heterocycles. The van der Waals surface area contributed by atoms with Gasteiger partial charge in [-0.15, -0.1) is 13.2 Å². The van der Waals surface area contributed by atoms with E-state index in [9.17, 15) is 18.0 Å². The second-order valence-electron chi connectivity index (χ2n) is 7.56. The lowest BCUT2D eigenvalue weighted by atomic mass is 10.1. The van der Waals surface area contributed by atoms with Crippen molar-refractivity contribution in [1.29, 1.82) is 0 Å². The van der Waals surface area contributed by atoms with Crippen molar-refractivity contribution in [3.63, 3.8) is 0 Å². The third kappa shape index (κ3) is 6.88. The van der Waals surface area contributed by atoms with E-state index in [2.05, 4.69) is 20.7 Å². The molecule has 9 heteroatoms. The van der Waals surface area contributed by atoms with Gasteiger partial charge in [-0.2, -0.15) is 0 Å². The highest BCUT2D eigenvalue weighted by Crippen LogP contribution is 2.30. The van der Waals surface area contributed by atoms with Gasteiger partial charge >= 0.3 is 12.5 Å². The van der Waals surface area contributed by atoms with E-state index in [-0.39, 0.29) is 24.4 Å². The lowest BCUT2D eigenvalue weighted by Gasteiger charge is -2.40. The predicted molar refractivity (Wildman–Crippen MR) is 98.5 cm³/mol. The lowest BCUT2D eigenvalue weighted by molar-refractivity contribution is -0.275. The van der Waals surface area contributed by atoms with Crippen molar-refractivity contribution in [3.05, 3.63) is 28.2 Å². The maximum absolute atomic E-state index is 12.6. The molecule has 1 heterocycles. The predicted octanol–water partition coefficient (Wildman–Crippen LogP) is 4.79. The third-order valence-corrected chi connectivity index (χ3v) is 4.48. The number of amides is 1. The van der Waals surface area contributed by atoms with E-state index < -0.39 is 12.0 Å². The summed E-state index contributed by atoms with van der Waals surface area (Å²) in [5, 5.41) is 0. The molecular formula is C18H24BrF3N2O3. The first-order valence-corrected chi connectivity index (χ1v) is 9.39. The Morgan fingerprint density at radius 1 is 1.26 bits per heavy atom. The monoisotopic (exact) mass is 452 g/mol. The largest absolute Gasteiger partial charge is 0.573 e. The van der Waals surface area contributed by atoms with Gasteiger partial charge in [0.15, 0.2) is 0 Å². The summed E-state index contributed by atoms with van der Waals surface area (Å²) in [5.74, 6) is -0.215. The molecule has 1 saturated heterocycles. The van der Waals surface area contributed by atoms with Crippen LogP contribution in [-0.2, 0) is 11.3 Å². The van der Waals surface area contributed by atoms with Gasteiger partial charge in [0.05, 0.1) is 0 Å². The summed E-state index contributed by atoms with van der Waals surface area (Å²) in [6, 6.07) is 4.31. The minimum absolute atomic E-state index is 0.118. The molecule has 2 rings (SSSR count). The first kappa shape index (κ1) is 21.8. The van der Waals surface area contributed by atoms with Crippen LogP contribution in [0.3, 0.4) is 0 Å². The maximum atomic E-state index is 12.6. The van der Waals surface area contributed by atoms with Crippen LogP contribution in [0, 0.1) is 0 Å². The average Bonchev–Trinajstić information content (AvgIpc) is 2.47. The Hall–Kier alpha value is -1.48. The number of benzene rings is 1. The molecule has 0 bridgehead atoms. The number of ether oxygens (including phenoxy) is 2. The van der Waals surface area contributed by atoms with Crippen molar-refractivity contribution in [3.8, 4) is 5.75 Å². The summed E-state index contributed by atoms with van der Waals surface area (Å²) >= 11 is 3.28. The Kier molecular flexibility index (Phi) is 6.68. The zero-order chi connectivity index (χ0) is 20.4. The van der Waals surface area contributed by atoms with Crippen LogP contribution in [0.4, 0.5) is 18.0 Å². The van der Waals surface area contributed by atoms with Gasteiger partial charge in [-0.3, -0.25) is 4.90 Å². The lowest BCUT2D eigenvalue weighted by Crippen LogP contribution is -2.54. The van der Waals surface area contributed by atoms with E-state index in [1.807, 2.05) is 11.8 Å². The van der Waals surface area contributed by atoms with E-state index in [1.165, 1.54) is 12.1 Å². The number of carbonyl (C=O) groups excluding carboxylic acids is 1. The van der Waals surface area contributed by atoms with Crippen LogP contribution in [-0.4, -0.2) is 53.5 Å². The van der Waals surface area contributed by atoms with Gasteiger partial charge in [-0.25, -0.2) is 4.79 Å². The number of hydrogen-bond acceptors (Lipinski definition) is 4. The fourth-order valence-electron chi connectivity index (χ4n) is 2.91. The number of hydrogen-bond donors (Lipinski definition) is 0. The molecule has 152 valence electrons. The quantitative estimate of drug-likeness (QED) is 0.660. The summed E-state index contributed by atoms with van der Waals surface area (Å²) < 4.78 is 48.1. The second-order valence-corrected chi connectivity index (χ2v) is 8.47. The van der Waals surface area contributed by atoms with Crippen LogP contribution in [0.5, 0.6) is 5.75 Å². The number of piperazine rings is 1.